The highest BCUT2D eigenvalue weighted by molar-refractivity contribution is 6.31. The zero-order valence-corrected chi connectivity index (χ0v) is 13.8. The van der Waals surface area contributed by atoms with Crippen LogP contribution < -0.4 is 0 Å². The summed E-state index contributed by atoms with van der Waals surface area (Å²) in [5.74, 6) is -0.0492. The molecule has 116 valence electrons. The van der Waals surface area contributed by atoms with Crippen LogP contribution in [0.3, 0.4) is 0 Å². The van der Waals surface area contributed by atoms with Gasteiger partial charge in [0.1, 0.15) is 5.15 Å². The molecule has 0 spiro atoms. The minimum absolute atomic E-state index is 0.0492. The van der Waals surface area contributed by atoms with Gasteiger partial charge in [0.2, 0.25) is 0 Å². The highest BCUT2D eigenvalue weighted by Crippen LogP contribution is 2.27. The van der Waals surface area contributed by atoms with Gasteiger partial charge in [-0.15, -0.1) is 0 Å². The van der Waals surface area contributed by atoms with Gasteiger partial charge in [-0.3, -0.25) is 4.79 Å². The Kier molecular flexibility index (Phi) is 4.30. The Morgan fingerprint density at radius 3 is 2.48 bits per heavy atom. The lowest BCUT2D eigenvalue weighted by atomic mass is 10.0. The number of hydrogen-bond donors (Lipinski definition) is 0. The van der Waals surface area contributed by atoms with Gasteiger partial charge >= 0.3 is 0 Å². The number of amides is 1. The first kappa shape index (κ1) is 15.5. The molecule has 0 bridgehead atoms. The van der Waals surface area contributed by atoms with Crippen LogP contribution in [-0.4, -0.2) is 22.8 Å². The summed E-state index contributed by atoms with van der Waals surface area (Å²) in [5, 5.41) is 1.21. The zero-order chi connectivity index (χ0) is 16.4. The van der Waals surface area contributed by atoms with Crippen molar-refractivity contribution in [3.63, 3.8) is 0 Å². The van der Waals surface area contributed by atoms with Crippen LogP contribution in [0.25, 0.3) is 10.9 Å². The quantitative estimate of drug-likeness (QED) is 0.666. The van der Waals surface area contributed by atoms with Gasteiger partial charge in [-0.25, -0.2) is 4.98 Å². The summed E-state index contributed by atoms with van der Waals surface area (Å²) < 4.78 is 0. The van der Waals surface area contributed by atoms with Crippen molar-refractivity contribution in [1.29, 1.82) is 0 Å². The van der Waals surface area contributed by atoms with Gasteiger partial charge in [0.25, 0.3) is 5.91 Å². The molecule has 3 nitrogen and oxygen atoms in total. The highest BCUT2D eigenvalue weighted by Gasteiger charge is 2.20. The molecule has 0 aliphatic rings. The van der Waals surface area contributed by atoms with Crippen LogP contribution in [0.15, 0.2) is 54.6 Å². The summed E-state index contributed by atoms with van der Waals surface area (Å²) >= 11 is 6.22. The van der Waals surface area contributed by atoms with E-state index < -0.39 is 0 Å². The molecule has 0 unspecified atom stereocenters. The summed E-state index contributed by atoms with van der Waals surface area (Å²) in [6.07, 6.45) is 0. The number of hydrogen-bond acceptors (Lipinski definition) is 2. The molecule has 0 aliphatic heterocycles. The van der Waals surface area contributed by atoms with Gasteiger partial charge in [0.15, 0.2) is 0 Å². The van der Waals surface area contributed by atoms with Crippen LogP contribution in [0.5, 0.6) is 0 Å². The molecule has 0 radical (unpaired) electrons. The lowest BCUT2D eigenvalue weighted by Gasteiger charge is -2.20. The summed E-state index contributed by atoms with van der Waals surface area (Å²) in [6, 6.07) is 17.5. The van der Waals surface area contributed by atoms with Crippen molar-refractivity contribution in [2.75, 3.05) is 7.05 Å². The summed E-state index contributed by atoms with van der Waals surface area (Å²) in [4.78, 5) is 19.0. The van der Waals surface area contributed by atoms with E-state index >= 15 is 0 Å². The number of benzene rings is 2. The Bertz CT molecular complexity index is 862. The first-order valence-electron chi connectivity index (χ1n) is 7.42. The second-order valence-corrected chi connectivity index (χ2v) is 5.92. The summed E-state index contributed by atoms with van der Waals surface area (Å²) in [6.45, 7) is 2.39. The molecule has 1 aromatic heterocycles. The van der Waals surface area contributed by atoms with Crippen molar-refractivity contribution in [3.05, 3.63) is 76.4 Å². The van der Waals surface area contributed by atoms with Gasteiger partial charge < -0.3 is 4.90 Å². The Morgan fingerprint density at radius 1 is 1.09 bits per heavy atom. The summed E-state index contributed by atoms with van der Waals surface area (Å²) in [5.41, 5.74) is 3.17. The number of aromatic nitrogens is 1. The molecular formula is C19H17ClN2O. The number of nitrogens with zero attached hydrogens (tertiary/aromatic N) is 2. The van der Waals surface area contributed by atoms with Crippen molar-refractivity contribution in [2.45, 2.75) is 13.5 Å². The third-order valence-corrected chi connectivity index (χ3v) is 4.27. The normalized spacial score (nSPS) is 10.7. The maximum Gasteiger partial charge on any atom is 0.254 e. The van der Waals surface area contributed by atoms with E-state index in [1.165, 1.54) is 0 Å². The highest BCUT2D eigenvalue weighted by atomic mass is 35.5. The third-order valence-electron chi connectivity index (χ3n) is 3.90. The van der Waals surface area contributed by atoms with Crippen LogP contribution in [0.1, 0.15) is 21.5 Å². The van der Waals surface area contributed by atoms with E-state index in [1.54, 1.807) is 11.9 Å². The predicted molar refractivity (Wildman–Crippen MR) is 93.7 cm³/mol. The average Bonchev–Trinajstić information content (AvgIpc) is 2.56. The van der Waals surface area contributed by atoms with E-state index in [9.17, 15) is 4.79 Å². The number of carbonyl (C=O) groups is 1. The maximum atomic E-state index is 13.0. The monoisotopic (exact) mass is 324 g/mol. The minimum Gasteiger partial charge on any atom is -0.337 e. The second-order valence-electron chi connectivity index (χ2n) is 5.57. The van der Waals surface area contributed by atoms with E-state index in [2.05, 4.69) is 4.98 Å². The number of carbonyl (C=O) groups excluding carboxylic acids is 1. The van der Waals surface area contributed by atoms with Gasteiger partial charge in [-0.05, 0) is 24.1 Å². The first-order chi connectivity index (χ1) is 11.1. The molecule has 3 aromatic rings. The zero-order valence-electron chi connectivity index (χ0n) is 13.1. The fraction of sp³-hybridized carbons (Fsp3) is 0.158. The van der Waals surface area contributed by atoms with E-state index in [0.29, 0.717) is 17.3 Å². The number of rotatable bonds is 3. The Labute approximate surface area is 140 Å². The van der Waals surface area contributed by atoms with Crippen LogP contribution >= 0.6 is 11.6 Å². The van der Waals surface area contributed by atoms with E-state index in [1.807, 2.05) is 61.5 Å². The molecule has 0 saturated heterocycles. The van der Waals surface area contributed by atoms with Crippen molar-refractivity contribution >= 4 is 28.4 Å². The molecule has 2 aromatic carbocycles. The van der Waals surface area contributed by atoms with Gasteiger partial charge in [-0.1, -0.05) is 60.1 Å². The Morgan fingerprint density at radius 2 is 1.74 bits per heavy atom. The third kappa shape index (κ3) is 3.06. The largest absolute Gasteiger partial charge is 0.337 e. The molecule has 0 N–H and O–H groups in total. The molecule has 0 saturated carbocycles. The Balaban J connectivity index is 2.02. The number of para-hydroxylation sites is 1. The molecule has 4 heteroatoms. The van der Waals surface area contributed by atoms with E-state index in [4.69, 9.17) is 11.6 Å². The second kappa shape index (κ2) is 6.39. The molecule has 1 amide bonds. The fourth-order valence-electron chi connectivity index (χ4n) is 2.67. The van der Waals surface area contributed by atoms with Gasteiger partial charge in [0, 0.05) is 19.0 Å². The molecule has 0 aliphatic carbocycles. The van der Waals surface area contributed by atoms with E-state index in [0.717, 1.165) is 22.0 Å². The van der Waals surface area contributed by atoms with Crippen molar-refractivity contribution < 1.29 is 4.79 Å². The molecule has 3 rings (SSSR count). The van der Waals surface area contributed by atoms with Crippen LogP contribution in [0.2, 0.25) is 5.15 Å². The molecule has 0 atom stereocenters. The van der Waals surface area contributed by atoms with Crippen molar-refractivity contribution in [3.8, 4) is 0 Å². The number of halogens is 1. The smallest absolute Gasteiger partial charge is 0.254 e. The molecule has 0 fully saturated rings. The lowest BCUT2D eigenvalue weighted by molar-refractivity contribution is 0.0786. The fourth-order valence-corrected chi connectivity index (χ4v) is 2.86. The van der Waals surface area contributed by atoms with Gasteiger partial charge in [-0.2, -0.15) is 0 Å². The molecule has 1 heterocycles. The topological polar surface area (TPSA) is 33.2 Å². The van der Waals surface area contributed by atoms with Crippen LogP contribution in [-0.2, 0) is 6.54 Å². The average molecular weight is 325 g/mol. The number of pyridine rings is 1. The predicted octanol–water partition coefficient (Wildman–Crippen LogP) is 4.47. The molecule has 23 heavy (non-hydrogen) atoms. The Hall–Kier alpha value is -2.39. The van der Waals surface area contributed by atoms with Crippen LogP contribution in [0.4, 0.5) is 0 Å². The minimum atomic E-state index is -0.0492. The number of fused-ring (bicyclic) bond motifs is 1. The standard InChI is InChI=1S/C19H17ClN2O/c1-13-17(15-10-6-7-11-16(15)21-18(13)20)19(23)22(2)12-14-8-4-3-5-9-14/h3-11H,12H2,1-2H3. The first-order valence-corrected chi connectivity index (χ1v) is 7.80. The van der Waals surface area contributed by atoms with E-state index in [-0.39, 0.29) is 5.91 Å². The maximum absolute atomic E-state index is 13.0. The lowest BCUT2D eigenvalue weighted by Crippen LogP contribution is -2.27. The van der Waals surface area contributed by atoms with Crippen LogP contribution in [0, 0.1) is 6.92 Å². The van der Waals surface area contributed by atoms with Gasteiger partial charge in [0.05, 0.1) is 11.1 Å². The van der Waals surface area contributed by atoms with Crippen molar-refractivity contribution in [1.82, 2.24) is 9.88 Å². The SMILES string of the molecule is Cc1c(Cl)nc2ccccc2c1C(=O)N(C)Cc1ccccc1. The molecular weight excluding hydrogens is 308 g/mol. The van der Waals surface area contributed by atoms with Crippen molar-refractivity contribution in [2.24, 2.45) is 0 Å². The summed E-state index contributed by atoms with van der Waals surface area (Å²) in [7, 11) is 1.80.